The fraction of sp³-hybridized carbons (Fsp3) is 0.844. The Balaban J connectivity index is 4.38. The molecule has 0 amide bonds. The predicted octanol–water partition coefficient (Wildman–Crippen LogP) is 11.7. The Labute approximate surface area is 326 Å². The zero-order valence-corrected chi connectivity index (χ0v) is 35.2. The fourth-order valence-electron chi connectivity index (χ4n) is 6.44. The Bertz CT molecular complexity index is 926. The molecule has 0 aliphatic carbocycles. The summed E-state index contributed by atoms with van der Waals surface area (Å²) in [5, 5.41) is 9.61. The molecular weight excluding hydrogens is 666 g/mol. The number of esters is 2. The van der Waals surface area contributed by atoms with Crippen LogP contribution in [0.1, 0.15) is 194 Å². The molecule has 8 nitrogen and oxygen atoms in total. The molecule has 53 heavy (non-hydrogen) atoms. The van der Waals surface area contributed by atoms with Crippen molar-refractivity contribution in [2.24, 2.45) is 0 Å². The molecule has 2 atom stereocenters. The Morgan fingerprint density at radius 2 is 0.981 bits per heavy atom. The maximum absolute atomic E-state index is 12.7. The van der Waals surface area contributed by atoms with Gasteiger partial charge in [-0.1, -0.05) is 160 Å². The summed E-state index contributed by atoms with van der Waals surface area (Å²) in [7, 11) is 5.52. The van der Waals surface area contributed by atoms with E-state index in [0.717, 1.165) is 51.4 Å². The summed E-state index contributed by atoms with van der Waals surface area (Å²) in [5.41, 5.74) is 0. The molecule has 0 aliphatic rings. The zero-order chi connectivity index (χ0) is 39.3. The van der Waals surface area contributed by atoms with Crippen LogP contribution in [0.4, 0.5) is 0 Å². The van der Waals surface area contributed by atoms with Crippen molar-refractivity contribution in [3.8, 4) is 0 Å². The molecule has 8 heteroatoms. The van der Waals surface area contributed by atoms with Gasteiger partial charge in [0.25, 0.3) is 0 Å². The number of unbranched alkanes of at least 4 members (excludes halogenated alkanes) is 22. The summed E-state index contributed by atoms with van der Waals surface area (Å²) in [4.78, 5) is 36.9. The third-order valence-electron chi connectivity index (χ3n) is 9.88. The lowest BCUT2D eigenvalue weighted by molar-refractivity contribution is -0.887. The maximum atomic E-state index is 12.7. The first kappa shape index (κ1) is 50.8. The summed E-state index contributed by atoms with van der Waals surface area (Å²) in [5.74, 6) is -1.49. The van der Waals surface area contributed by atoms with Crippen LogP contribution >= 0.6 is 0 Å². The van der Waals surface area contributed by atoms with E-state index in [1.165, 1.54) is 109 Å². The highest BCUT2D eigenvalue weighted by Gasteiger charge is 2.31. The zero-order valence-electron chi connectivity index (χ0n) is 35.2. The Hall–Kier alpha value is -2.19. The van der Waals surface area contributed by atoms with Gasteiger partial charge in [0.05, 0.1) is 34.4 Å². The van der Waals surface area contributed by atoms with Gasteiger partial charge < -0.3 is 23.8 Å². The van der Waals surface area contributed by atoms with Crippen molar-refractivity contribution in [1.82, 2.24) is 0 Å². The minimum atomic E-state index is -0.877. The number of carbonyl (C=O) groups excluding carboxylic acids is 2. The SMILES string of the molecule is CCCCCCCCC/C=C/C=C/CCCCCC(=O)OCC(COCCC(C(=O)O)[N+](C)(C)C)OC(=O)CCCCCCCCCCCCCCC. The summed E-state index contributed by atoms with van der Waals surface area (Å²) >= 11 is 0. The minimum absolute atomic E-state index is 0.0565. The van der Waals surface area contributed by atoms with E-state index in [2.05, 4.69) is 38.2 Å². The number of quaternary nitrogens is 1. The first-order valence-electron chi connectivity index (χ1n) is 21.9. The third kappa shape index (κ3) is 35.3. The summed E-state index contributed by atoms with van der Waals surface area (Å²) in [6.45, 7) is 4.71. The first-order chi connectivity index (χ1) is 25.6. The summed E-state index contributed by atoms with van der Waals surface area (Å²) in [6.07, 6.45) is 39.3. The molecule has 0 aliphatic heterocycles. The van der Waals surface area contributed by atoms with Crippen molar-refractivity contribution in [3.63, 3.8) is 0 Å². The Morgan fingerprint density at radius 1 is 0.566 bits per heavy atom. The number of allylic oxidation sites excluding steroid dienone is 4. The number of aliphatic carboxylic acids is 1. The van der Waals surface area contributed by atoms with Crippen LogP contribution in [0.15, 0.2) is 24.3 Å². The molecule has 0 aromatic carbocycles. The number of rotatable bonds is 39. The molecule has 0 heterocycles. The monoisotopic (exact) mass is 751 g/mol. The highest BCUT2D eigenvalue weighted by Crippen LogP contribution is 2.15. The molecule has 0 bridgehead atoms. The van der Waals surface area contributed by atoms with E-state index in [9.17, 15) is 19.5 Å². The van der Waals surface area contributed by atoms with Crippen LogP contribution in [0, 0.1) is 0 Å². The molecule has 0 saturated heterocycles. The predicted molar refractivity (Wildman–Crippen MR) is 220 cm³/mol. The van der Waals surface area contributed by atoms with Gasteiger partial charge in [-0.2, -0.15) is 0 Å². The summed E-state index contributed by atoms with van der Waals surface area (Å²) < 4.78 is 17.2. The number of hydrogen-bond donors (Lipinski definition) is 1. The van der Waals surface area contributed by atoms with E-state index in [-0.39, 0.29) is 36.2 Å². The molecule has 0 fully saturated rings. The Kier molecular flexibility index (Phi) is 35.2. The van der Waals surface area contributed by atoms with E-state index in [1.54, 1.807) is 0 Å². The van der Waals surface area contributed by atoms with E-state index in [4.69, 9.17) is 14.2 Å². The molecular formula is C45H84NO7+. The average molecular weight is 751 g/mol. The van der Waals surface area contributed by atoms with Crippen LogP contribution < -0.4 is 0 Å². The molecule has 1 N–H and O–H groups in total. The van der Waals surface area contributed by atoms with Gasteiger partial charge in [0.1, 0.15) is 6.61 Å². The maximum Gasteiger partial charge on any atom is 0.362 e. The van der Waals surface area contributed by atoms with Crippen molar-refractivity contribution in [2.45, 2.75) is 206 Å². The van der Waals surface area contributed by atoms with Gasteiger partial charge in [-0.3, -0.25) is 9.59 Å². The van der Waals surface area contributed by atoms with Crippen molar-refractivity contribution in [2.75, 3.05) is 41.0 Å². The second-order valence-corrected chi connectivity index (χ2v) is 16.0. The van der Waals surface area contributed by atoms with E-state index >= 15 is 0 Å². The number of nitrogens with zero attached hydrogens (tertiary/aromatic N) is 1. The number of ether oxygens (including phenoxy) is 3. The lowest BCUT2D eigenvalue weighted by Gasteiger charge is -2.31. The lowest BCUT2D eigenvalue weighted by Crippen LogP contribution is -2.50. The van der Waals surface area contributed by atoms with Crippen LogP contribution in [0.5, 0.6) is 0 Å². The highest BCUT2D eigenvalue weighted by molar-refractivity contribution is 5.72. The molecule has 2 unspecified atom stereocenters. The van der Waals surface area contributed by atoms with Crippen LogP contribution in [0.2, 0.25) is 0 Å². The molecule has 0 spiro atoms. The smallest absolute Gasteiger partial charge is 0.362 e. The van der Waals surface area contributed by atoms with Crippen LogP contribution in [-0.2, 0) is 28.6 Å². The minimum Gasteiger partial charge on any atom is -0.477 e. The average Bonchev–Trinajstić information content (AvgIpc) is 3.11. The molecule has 0 rings (SSSR count). The summed E-state index contributed by atoms with van der Waals surface area (Å²) in [6, 6.07) is -0.615. The number of carbonyl (C=O) groups is 3. The van der Waals surface area contributed by atoms with Crippen LogP contribution in [0.3, 0.4) is 0 Å². The van der Waals surface area contributed by atoms with Gasteiger partial charge in [0.15, 0.2) is 12.1 Å². The standard InChI is InChI=1S/C45H83NO7/c1-6-8-10-12-14-16-18-20-21-22-24-25-27-29-31-33-35-43(47)52-40-41(39-51-38-37-42(45(49)50)46(3,4)5)53-44(48)36-34-32-30-28-26-23-19-17-15-13-11-9-7-2/h21-22,24-25,41-42H,6-20,23,26-40H2,1-5H3/p+1/b22-21+,25-24+. The number of hydrogen-bond acceptors (Lipinski definition) is 6. The van der Waals surface area contributed by atoms with Gasteiger partial charge in [-0.25, -0.2) is 4.79 Å². The highest BCUT2D eigenvalue weighted by atomic mass is 16.6. The van der Waals surface area contributed by atoms with Crippen LogP contribution in [-0.4, -0.2) is 80.6 Å². The molecule has 0 radical (unpaired) electrons. The number of likely N-dealkylation sites (N-methyl/N-ethyl adjacent to an activating group) is 1. The van der Waals surface area contributed by atoms with Crippen molar-refractivity contribution < 1.29 is 38.2 Å². The van der Waals surface area contributed by atoms with Crippen molar-refractivity contribution in [1.29, 1.82) is 0 Å². The van der Waals surface area contributed by atoms with Gasteiger partial charge in [0.2, 0.25) is 0 Å². The van der Waals surface area contributed by atoms with E-state index < -0.39 is 18.1 Å². The topological polar surface area (TPSA) is 99.1 Å². The first-order valence-corrected chi connectivity index (χ1v) is 21.9. The molecule has 310 valence electrons. The van der Waals surface area contributed by atoms with Gasteiger partial charge in [0, 0.05) is 19.3 Å². The third-order valence-corrected chi connectivity index (χ3v) is 9.88. The fourth-order valence-corrected chi connectivity index (χ4v) is 6.44. The second-order valence-electron chi connectivity index (χ2n) is 16.0. The normalized spacial score (nSPS) is 13.2. The largest absolute Gasteiger partial charge is 0.477 e. The molecule has 0 aromatic heterocycles. The molecule has 0 saturated carbocycles. The van der Waals surface area contributed by atoms with Gasteiger partial charge >= 0.3 is 17.9 Å². The van der Waals surface area contributed by atoms with Crippen molar-refractivity contribution in [3.05, 3.63) is 24.3 Å². The quantitative estimate of drug-likeness (QED) is 0.0289. The second kappa shape index (κ2) is 36.8. The van der Waals surface area contributed by atoms with Crippen molar-refractivity contribution >= 4 is 17.9 Å². The van der Waals surface area contributed by atoms with Gasteiger partial charge in [-0.05, 0) is 38.5 Å². The number of carboxylic acids is 1. The van der Waals surface area contributed by atoms with E-state index in [0.29, 0.717) is 19.3 Å². The number of carboxylic acid groups (broad SMARTS) is 1. The lowest BCUT2D eigenvalue weighted by atomic mass is 10.0. The Morgan fingerprint density at radius 3 is 1.43 bits per heavy atom. The van der Waals surface area contributed by atoms with Crippen LogP contribution in [0.25, 0.3) is 0 Å². The molecule has 0 aromatic rings. The van der Waals surface area contributed by atoms with E-state index in [1.807, 2.05) is 21.1 Å². The van der Waals surface area contributed by atoms with Gasteiger partial charge in [-0.15, -0.1) is 0 Å².